The van der Waals surface area contributed by atoms with Crippen LogP contribution in [0.5, 0.6) is 17.2 Å². The number of halogens is 2. The number of carbonyl (C=O) groups excluding carboxylic acids is 1. The van der Waals surface area contributed by atoms with Gasteiger partial charge in [-0.05, 0) is 94.9 Å². The van der Waals surface area contributed by atoms with E-state index in [4.69, 9.17) is 18.9 Å². The van der Waals surface area contributed by atoms with Crippen molar-refractivity contribution in [3.8, 4) is 17.2 Å². The fourth-order valence-corrected chi connectivity index (χ4v) is 7.12. The molecule has 0 saturated carbocycles. The van der Waals surface area contributed by atoms with Gasteiger partial charge in [-0.15, -0.1) is 0 Å². The van der Waals surface area contributed by atoms with Gasteiger partial charge in [0.2, 0.25) is 0 Å². The number of benzene rings is 2. The highest BCUT2D eigenvalue weighted by atomic mass is 127. The van der Waals surface area contributed by atoms with Crippen LogP contribution < -0.4 is 29.1 Å². The number of esters is 1. The molecule has 1 aromatic heterocycles. The van der Waals surface area contributed by atoms with Crippen LogP contribution in [0.25, 0.3) is 6.08 Å². The lowest BCUT2D eigenvalue weighted by molar-refractivity contribution is -0.136. The molecule has 3 aromatic rings. The first kappa shape index (κ1) is 29.3. The van der Waals surface area contributed by atoms with Crippen LogP contribution in [0, 0.1) is 7.14 Å². The third-order valence-electron chi connectivity index (χ3n) is 5.68. The molecule has 1 atom stereocenters. The van der Waals surface area contributed by atoms with E-state index in [1.807, 2.05) is 32.0 Å². The largest absolute Gasteiger partial charge is 0.490 e. The summed E-state index contributed by atoms with van der Waals surface area (Å²) in [6.45, 7) is 8.73. The van der Waals surface area contributed by atoms with Gasteiger partial charge < -0.3 is 18.9 Å². The second-order valence-corrected chi connectivity index (χ2v) is 11.6. The first-order valence-corrected chi connectivity index (χ1v) is 15.0. The summed E-state index contributed by atoms with van der Waals surface area (Å²) in [4.78, 5) is 31.6. The maximum atomic E-state index is 13.9. The monoisotopic (exact) mass is 772 g/mol. The average Bonchev–Trinajstić information content (AvgIpc) is 3.23. The number of nitrogens with zero attached hydrogens (tertiary/aromatic N) is 2. The van der Waals surface area contributed by atoms with Crippen LogP contribution in [-0.4, -0.2) is 37.5 Å². The van der Waals surface area contributed by atoms with Crippen molar-refractivity contribution in [2.24, 2.45) is 4.99 Å². The Labute approximate surface area is 256 Å². The minimum absolute atomic E-state index is 0.238. The number of hydrogen-bond acceptors (Lipinski definition) is 8. The third-order valence-corrected chi connectivity index (χ3v) is 8.10. The molecule has 1 aliphatic heterocycles. The molecule has 8 nitrogen and oxygen atoms in total. The van der Waals surface area contributed by atoms with E-state index >= 15 is 0 Å². The van der Waals surface area contributed by atoms with E-state index in [1.165, 1.54) is 29.2 Å². The predicted octanol–water partition coefficient (Wildman–Crippen LogP) is 4.59. The Morgan fingerprint density at radius 3 is 2.56 bits per heavy atom. The summed E-state index contributed by atoms with van der Waals surface area (Å²) in [5.74, 6) is 1.20. The lowest BCUT2D eigenvalue weighted by atomic mass is 9.97. The van der Waals surface area contributed by atoms with Gasteiger partial charge in [-0.3, -0.25) is 9.36 Å². The maximum Gasteiger partial charge on any atom is 0.337 e. The van der Waals surface area contributed by atoms with Gasteiger partial charge in [-0.1, -0.05) is 30.1 Å². The minimum Gasteiger partial charge on any atom is -0.490 e. The molecule has 2 heterocycles. The quantitative estimate of drug-likeness (QED) is 0.170. The third kappa shape index (κ3) is 6.24. The molecule has 0 unspecified atom stereocenters. The van der Waals surface area contributed by atoms with E-state index in [-0.39, 0.29) is 11.1 Å². The Hall–Kier alpha value is -2.65. The highest BCUT2D eigenvalue weighted by molar-refractivity contribution is 14.1. The van der Waals surface area contributed by atoms with Crippen molar-refractivity contribution < 1.29 is 23.7 Å². The zero-order chi connectivity index (χ0) is 28.1. The Morgan fingerprint density at radius 2 is 1.87 bits per heavy atom. The lowest BCUT2D eigenvalue weighted by Crippen LogP contribution is -2.39. The van der Waals surface area contributed by atoms with Crippen LogP contribution in [0.4, 0.5) is 0 Å². The minimum atomic E-state index is -0.765. The van der Waals surface area contributed by atoms with E-state index < -0.39 is 12.0 Å². The number of thiazole rings is 1. The van der Waals surface area contributed by atoms with Gasteiger partial charge in [0.15, 0.2) is 16.3 Å². The molecule has 0 N–H and O–H groups in total. The summed E-state index contributed by atoms with van der Waals surface area (Å²) in [5.41, 5.74) is 1.39. The summed E-state index contributed by atoms with van der Waals surface area (Å²) >= 11 is 5.70. The van der Waals surface area contributed by atoms with Crippen LogP contribution in [0.15, 0.2) is 64.5 Å². The number of methoxy groups -OCH3 is 1. The van der Waals surface area contributed by atoms with Crippen molar-refractivity contribution in [3.63, 3.8) is 0 Å². The number of carbonyl (C=O) groups is 1. The summed E-state index contributed by atoms with van der Waals surface area (Å²) < 4.78 is 26.4. The van der Waals surface area contributed by atoms with Gasteiger partial charge in [0.05, 0.1) is 40.0 Å². The lowest BCUT2D eigenvalue weighted by Gasteiger charge is -2.23. The van der Waals surface area contributed by atoms with Gasteiger partial charge in [-0.2, -0.15) is 0 Å². The number of ether oxygens (including phenoxy) is 4. The molecule has 0 aliphatic carbocycles. The Bertz CT molecular complexity index is 1630. The smallest absolute Gasteiger partial charge is 0.337 e. The normalized spacial score (nSPS) is 14.6. The first-order valence-electron chi connectivity index (χ1n) is 12.0. The van der Waals surface area contributed by atoms with Gasteiger partial charge in [-0.25, -0.2) is 9.79 Å². The van der Waals surface area contributed by atoms with Crippen LogP contribution in [0.3, 0.4) is 0 Å². The molecule has 0 amide bonds. The van der Waals surface area contributed by atoms with E-state index in [0.29, 0.717) is 52.0 Å². The molecular weight excluding hydrogens is 746 g/mol. The first-order chi connectivity index (χ1) is 18.8. The second-order valence-electron chi connectivity index (χ2n) is 8.15. The molecule has 0 bridgehead atoms. The Balaban J connectivity index is 1.93. The highest BCUT2D eigenvalue weighted by Crippen LogP contribution is 2.35. The van der Waals surface area contributed by atoms with Gasteiger partial charge in [0, 0.05) is 15.3 Å². The van der Waals surface area contributed by atoms with Crippen molar-refractivity contribution in [2.45, 2.75) is 19.9 Å². The summed E-state index contributed by atoms with van der Waals surface area (Å²) in [6.07, 6.45) is 4.94. The van der Waals surface area contributed by atoms with Gasteiger partial charge in [0.25, 0.3) is 5.56 Å². The topological polar surface area (TPSA) is 88.3 Å². The fourth-order valence-electron chi connectivity index (χ4n) is 4.11. The molecule has 1 aliphatic rings. The fraction of sp³-hybridized carbons (Fsp3) is 0.250. The van der Waals surface area contributed by atoms with Crippen LogP contribution in [0.2, 0.25) is 0 Å². The standard InChI is InChI=1S/C28H26I2N2O6S/c1-5-10-38-25-17(11-18(29)14-20(25)30)13-23-26(33)32-24(19(27(34)35-4)15-31-28(32)39-23)16-8-9-21(36-6-2)22(12-16)37-7-3/h5,8-9,11-15,24H,1,6-7,10H2,2-4H3/b23-13+/t24-/m0/s1. The summed E-state index contributed by atoms with van der Waals surface area (Å²) in [5, 5.41) is 0. The van der Waals surface area contributed by atoms with Crippen molar-refractivity contribution in [3.05, 3.63) is 92.7 Å². The van der Waals surface area contributed by atoms with Crippen LogP contribution in [0.1, 0.15) is 31.0 Å². The zero-order valence-corrected chi connectivity index (χ0v) is 26.7. The van der Waals surface area contributed by atoms with Gasteiger partial charge in [0.1, 0.15) is 12.4 Å². The molecule has 0 saturated heterocycles. The summed E-state index contributed by atoms with van der Waals surface area (Å²) in [6, 6.07) is 8.59. The Kier molecular flexibility index (Phi) is 9.88. The zero-order valence-electron chi connectivity index (χ0n) is 21.5. The van der Waals surface area contributed by atoms with Crippen molar-refractivity contribution in [2.75, 3.05) is 26.9 Å². The highest BCUT2D eigenvalue weighted by Gasteiger charge is 2.31. The maximum absolute atomic E-state index is 13.9. The van der Waals surface area contributed by atoms with E-state index in [2.05, 4.69) is 56.8 Å². The van der Waals surface area contributed by atoms with Crippen LogP contribution >= 0.6 is 56.5 Å². The SMILES string of the molecule is C=CCOc1c(I)cc(I)cc1/C=c1/sc2n(c1=O)[C@@H](c1ccc(OCC)c(OCC)c1)C(C(=O)OC)=CN=2. The number of rotatable bonds is 10. The van der Waals surface area contributed by atoms with Crippen LogP contribution in [-0.2, 0) is 9.53 Å². The molecule has 0 fully saturated rings. The molecule has 2 aromatic carbocycles. The Morgan fingerprint density at radius 1 is 1.13 bits per heavy atom. The van der Waals surface area contributed by atoms with Gasteiger partial charge >= 0.3 is 5.97 Å². The predicted molar refractivity (Wildman–Crippen MR) is 168 cm³/mol. The van der Waals surface area contributed by atoms with E-state index in [0.717, 1.165) is 12.7 Å². The number of fused-ring (bicyclic) bond motifs is 1. The van der Waals surface area contributed by atoms with E-state index in [9.17, 15) is 9.59 Å². The average molecular weight is 772 g/mol. The van der Waals surface area contributed by atoms with E-state index in [1.54, 1.807) is 24.3 Å². The number of aromatic nitrogens is 1. The molecule has 39 heavy (non-hydrogen) atoms. The van der Waals surface area contributed by atoms with Crippen molar-refractivity contribution >= 4 is 68.6 Å². The molecule has 204 valence electrons. The summed E-state index contributed by atoms with van der Waals surface area (Å²) in [7, 11) is 1.30. The molecule has 4 rings (SSSR count). The van der Waals surface area contributed by atoms with Crippen molar-refractivity contribution in [1.82, 2.24) is 4.57 Å². The molecular formula is C28H26I2N2O6S. The molecule has 0 spiro atoms. The molecule has 0 radical (unpaired) electrons. The van der Waals surface area contributed by atoms with Crippen molar-refractivity contribution in [1.29, 1.82) is 0 Å². The molecule has 11 heteroatoms. The number of hydrogen-bond donors (Lipinski definition) is 0. The second kappa shape index (κ2) is 13.1.